The maximum Gasteiger partial charge on any atom is 0.326 e. The average molecular weight is 271 g/mol. The van der Waals surface area contributed by atoms with Crippen LogP contribution in [0.25, 0.3) is 0 Å². The van der Waals surface area contributed by atoms with Gasteiger partial charge in [-0.1, -0.05) is 19.8 Å². The zero-order valence-electron chi connectivity index (χ0n) is 10.2. The summed E-state index contributed by atoms with van der Waals surface area (Å²) in [4.78, 5) is 26.6. The van der Waals surface area contributed by atoms with Gasteiger partial charge < -0.3 is 16.2 Å². The van der Waals surface area contributed by atoms with Gasteiger partial charge >= 0.3 is 5.97 Å². The summed E-state index contributed by atoms with van der Waals surface area (Å²) in [5, 5.41) is 13.6. The number of rotatable bonds is 7. The van der Waals surface area contributed by atoms with Crippen LogP contribution in [0.1, 0.15) is 31.9 Å². The van der Waals surface area contributed by atoms with E-state index in [1.807, 2.05) is 6.92 Å². The van der Waals surface area contributed by atoms with Gasteiger partial charge in [0.25, 0.3) is 0 Å². The summed E-state index contributed by atoms with van der Waals surface area (Å²) >= 11 is 1.26. The Kier molecular flexibility index (Phi) is 5.57. The fraction of sp³-hybridized carbons (Fsp3) is 0.545. The fourth-order valence-corrected chi connectivity index (χ4v) is 2.04. The summed E-state index contributed by atoms with van der Waals surface area (Å²) in [6, 6.07) is -0.826. The molecule has 0 aliphatic heterocycles. The van der Waals surface area contributed by atoms with Crippen molar-refractivity contribution in [2.45, 2.75) is 38.6 Å². The van der Waals surface area contributed by atoms with E-state index in [0.29, 0.717) is 17.2 Å². The number of hydrogen-bond donors (Lipinski definition) is 3. The molecule has 1 heterocycles. The molecule has 0 radical (unpaired) electrons. The number of thiazole rings is 1. The highest BCUT2D eigenvalue weighted by atomic mass is 32.1. The largest absolute Gasteiger partial charge is 0.480 e. The molecule has 1 rings (SSSR count). The third kappa shape index (κ3) is 4.70. The molecule has 0 spiro atoms. The van der Waals surface area contributed by atoms with Gasteiger partial charge in [0.1, 0.15) is 6.04 Å². The number of carbonyl (C=O) groups is 2. The van der Waals surface area contributed by atoms with Crippen LogP contribution in [0.4, 0.5) is 5.13 Å². The minimum atomic E-state index is -1.01. The molecule has 18 heavy (non-hydrogen) atoms. The average Bonchev–Trinajstić information content (AvgIpc) is 2.69. The molecule has 1 unspecified atom stereocenters. The summed E-state index contributed by atoms with van der Waals surface area (Å²) < 4.78 is 0. The molecule has 4 N–H and O–H groups in total. The lowest BCUT2D eigenvalue weighted by Gasteiger charge is -2.13. The zero-order valence-corrected chi connectivity index (χ0v) is 11.0. The van der Waals surface area contributed by atoms with Crippen molar-refractivity contribution in [1.82, 2.24) is 10.3 Å². The summed E-state index contributed by atoms with van der Waals surface area (Å²) in [6.45, 7) is 1.97. The number of carbonyl (C=O) groups excluding carboxylic acids is 1. The van der Waals surface area contributed by atoms with Gasteiger partial charge in [-0.3, -0.25) is 4.79 Å². The van der Waals surface area contributed by atoms with Crippen molar-refractivity contribution >= 4 is 28.3 Å². The Morgan fingerprint density at radius 3 is 2.83 bits per heavy atom. The van der Waals surface area contributed by atoms with Gasteiger partial charge in [0.05, 0.1) is 12.1 Å². The van der Waals surface area contributed by atoms with Gasteiger partial charge in [-0.2, -0.15) is 0 Å². The number of unbranched alkanes of at least 4 members (excludes halogenated alkanes) is 1. The number of nitrogens with two attached hydrogens (primary N) is 1. The monoisotopic (exact) mass is 271 g/mol. The second-order valence-electron chi connectivity index (χ2n) is 3.95. The number of nitrogen functional groups attached to an aromatic ring is 1. The van der Waals surface area contributed by atoms with Gasteiger partial charge in [-0.15, -0.1) is 11.3 Å². The minimum Gasteiger partial charge on any atom is -0.480 e. The van der Waals surface area contributed by atoms with Gasteiger partial charge in [-0.05, 0) is 6.42 Å². The summed E-state index contributed by atoms with van der Waals surface area (Å²) in [6.07, 6.45) is 2.16. The van der Waals surface area contributed by atoms with Gasteiger partial charge in [0.2, 0.25) is 5.91 Å². The smallest absolute Gasteiger partial charge is 0.326 e. The Hall–Kier alpha value is -1.63. The highest BCUT2D eigenvalue weighted by Gasteiger charge is 2.19. The second-order valence-corrected chi connectivity index (χ2v) is 4.84. The molecule has 1 aromatic rings. The number of anilines is 1. The molecule has 6 nitrogen and oxygen atoms in total. The van der Waals surface area contributed by atoms with Crippen LogP contribution in [0.2, 0.25) is 0 Å². The predicted molar refractivity (Wildman–Crippen MR) is 69.3 cm³/mol. The Morgan fingerprint density at radius 2 is 2.33 bits per heavy atom. The van der Waals surface area contributed by atoms with Crippen LogP contribution >= 0.6 is 11.3 Å². The number of amides is 1. The van der Waals surface area contributed by atoms with Crippen LogP contribution in [-0.2, 0) is 16.0 Å². The van der Waals surface area contributed by atoms with Crippen LogP contribution in [0.5, 0.6) is 0 Å². The Bertz CT molecular complexity index is 419. The van der Waals surface area contributed by atoms with Crippen molar-refractivity contribution in [3.63, 3.8) is 0 Å². The van der Waals surface area contributed by atoms with E-state index >= 15 is 0 Å². The molecule has 7 heteroatoms. The number of aromatic nitrogens is 1. The maximum atomic E-state index is 11.6. The molecule has 0 aliphatic rings. The van der Waals surface area contributed by atoms with E-state index in [1.165, 1.54) is 11.3 Å². The predicted octanol–water partition coefficient (Wildman–Crippen LogP) is 1.03. The first-order valence-corrected chi connectivity index (χ1v) is 6.63. The van der Waals surface area contributed by atoms with Crippen LogP contribution < -0.4 is 11.1 Å². The number of carboxylic acid groups (broad SMARTS) is 1. The van der Waals surface area contributed by atoms with Crippen LogP contribution in [0.3, 0.4) is 0 Å². The molecule has 1 aromatic heterocycles. The molecular formula is C11H17N3O3S. The van der Waals surface area contributed by atoms with E-state index in [2.05, 4.69) is 10.3 Å². The van der Waals surface area contributed by atoms with Gasteiger partial charge in [0.15, 0.2) is 5.13 Å². The lowest BCUT2D eigenvalue weighted by molar-refractivity contribution is -0.142. The number of hydrogen-bond acceptors (Lipinski definition) is 5. The zero-order chi connectivity index (χ0) is 13.5. The molecule has 0 fully saturated rings. The highest BCUT2D eigenvalue weighted by molar-refractivity contribution is 7.13. The molecule has 1 atom stereocenters. The maximum absolute atomic E-state index is 11.6. The summed E-state index contributed by atoms with van der Waals surface area (Å²) in [5.74, 6) is -1.35. The molecule has 0 saturated heterocycles. The van der Waals surface area contributed by atoms with Crippen molar-refractivity contribution in [2.75, 3.05) is 5.73 Å². The van der Waals surface area contributed by atoms with E-state index in [9.17, 15) is 9.59 Å². The fourth-order valence-electron chi connectivity index (χ4n) is 1.48. The molecule has 0 saturated carbocycles. The van der Waals surface area contributed by atoms with E-state index < -0.39 is 12.0 Å². The normalized spacial score (nSPS) is 12.1. The number of nitrogens with one attached hydrogen (secondary N) is 1. The van der Waals surface area contributed by atoms with E-state index in [-0.39, 0.29) is 12.3 Å². The van der Waals surface area contributed by atoms with Crippen LogP contribution in [0, 0.1) is 0 Å². The van der Waals surface area contributed by atoms with Crippen molar-refractivity contribution < 1.29 is 14.7 Å². The quantitative estimate of drug-likeness (QED) is 0.687. The Labute approximate surface area is 109 Å². The molecule has 0 bridgehead atoms. The van der Waals surface area contributed by atoms with Crippen molar-refractivity contribution in [1.29, 1.82) is 0 Å². The van der Waals surface area contributed by atoms with Gasteiger partial charge in [-0.25, -0.2) is 9.78 Å². The molecule has 0 aromatic carbocycles. The highest BCUT2D eigenvalue weighted by Crippen LogP contribution is 2.11. The van der Waals surface area contributed by atoms with Crippen LogP contribution in [0.15, 0.2) is 5.38 Å². The number of nitrogens with zero attached hydrogens (tertiary/aromatic N) is 1. The standard InChI is InChI=1S/C11H17N3O3S/c1-2-3-4-8(10(16)17)14-9(15)5-7-6-18-11(12)13-7/h6,8H,2-5H2,1H3,(H2,12,13)(H,14,15)(H,16,17). The third-order valence-corrected chi connectivity index (χ3v) is 3.11. The van der Waals surface area contributed by atoms with Crippen molar-refractivity contribution in [3.05, 3.63) is 11.1 Å². The minimum absolute atomic E-state index is 0.0591. The van der Waals surface area contributed by atoms with E-state index in [4.69, 9.17) is 10.8 Å². The molecule has 0 aliphatic carbocycles. The lowest BCUT2D eigenvalue weighted by atomic mass is 10.1. The van der Waals surface area contributed by atoms with E-state index in [0.717, 1.165) is 12.8 Å². The van der Waals surface area contributed by atoms with Crippen LogP contribution in [-0.4, -0.2) is 28.0 Å². The lowest BCUT2D eigenvalue weighted by Crippen LogP contribution is -2.41. The molecule has 1 amide bonds. The summed E-state index contributed by atoms with van der Waals surface area (Å²) in [7, 11) is 0. The summed E-state index contributed by atoms with van der Waals surface area (Å²) in [5.41, 5.74) is 6.02. The number of carboxylic acids is 1. The third-order valence-electron chi connectivity index (χ3n) is 2.39. The first-order valence-electron chi connectivity index (χ1n) is 5.75. The van der Waals surface area contributed by atoms with Crippen molar-refractivity contribution in [2.24, 2.45) is 0 Å². The second kappa shape index (κ2) is 6.95. The topological polar surface area (TPSA) is 105 Å². The molecule has 100 valence electrons. The first kappa shape index (κ1) is 14.4. The van der Waals surface area contributed by atoms with Gasteiger partial charge in [0, 0.05) is 5.38 Å². The number of aliphatic carboxylic acids is 1. The Morgan fingerprint density at radius 1 is 1.61 bits per heavy atom. The van der Waals surface area contributed by atoms with Crippen molar-refractivity contribution in [3.8, 4) is 0 Å². The SMILES string of the molecule is CCCCC(NC(=O)Cc1csc(N)n1)C(=O)O. The first-order chi connectivity index (χ1) is 8.52. The Balaban J connectivity index is 2.48. The molecular weight excluding hydrogens is 254 g/mol. The van der Waals surface area contributed by atoms with E-state index in [1.54, 1.807) is 5.38 Å².